The fraction of sp³-hybridized carbons (Fsp3) is 0.296. The van der Waals surface area contributed by atoms with Crippen LogP contribution in [0.2, 0.25) is 0 Å². The highest BCUT2D eigenvalue weighted by Gasteiger charge is 2.32. The predicted octanol–water partition coefficient (Wildman–Crippen LogP) is 4.92. The van der Waals surface area contributed by atoms with Gasteiger partial charge in [0.2, 0.25) is 0 Å². The van der Waals surface area contributed by atoms with Gasteiger partial charge in [-0.3, -0.25) is 0 Å². The highest BCUT2D eigenvalue weighted by molar-refractivity contribution is 6.00. The summed E-state index contributed by atoms with van der Waals surface area (Å²) in [5.74, 6) is -1.68. The molecule has 0 aliphatic carbocycles. The molecule has 216 valence electrons. The molecule has 0 atom stereocenters. The summed E-state index contributed by atoms with van der Waals surface area (Å²) in [5.41, 5.74) is 7.10. The van der Waals surface area contributed by atoms with Crippen molar-refractivity contribution in [1.29, 1.82) is 0 Å². The molecule has 2 amide bonds. The van der Waals surface area contributed by atoms with Gasteiger partial charge in [0.15, 0.2) is 5.82 Å². The Bertz CT molecular complexity index is 1600. The summed E-state index contributed by atoms with van der Waals surface area (Å²) < 4.78 is 70.0. The lowest BCUT2D eigenvalue weighted by Crippen LogP contribution is -2.28. The van der Waals surface area contributed by atoms with Crippen molar-refractivity contribution in [2.75, 3.05) is 36.1 Å². The number of carbonyl (C=O) groups excluding carboxylic acids is 1. The number of nitrogens with one attached hydrogen (secondary N) is 3. The van der Waals surface area contributed by atoms with Gasteiger partial charge in [0.05, 0.1) is 22.6 Å². The molecule has 0 radical (unpaired) electrons. The number of alkyl halides is 3. The quantitative estimate of drug-likeness (QED) is 0.208. The SMILES string of the molecule is Nc1ncnn2c(C3CCNCC3)c(CCO)c(-c3ccc(NC(=O)Nc4cc(C(F)(F)F)ccc4F)c(F)c3)c12. The van der Waals surface area contributed by atoms with E-state index in [9.17, 15) is 27.5 Å². The minimum absolute atomic E-state index is 0.110. The second-order valence-corrected chi connectivity index (χ2v) is 9.61. The van der Waals surface area contributed by atoms with Crippen molar-refractivity contribution in [2.24, 2.45) is 0 Å². The molecule has 9 nitrogen and oxygen atoms in total. The van der Waals surface area contributed by atoms with Crippen molar-refractivity contribution in [3.05, 3.63) is 71.2 Å². The Kier molecular flexibility index (Phi) is 7.78. The summed E-state index contributed by atoms with van der Waals surface area (Å²) in [7, 11) is 0. The lowest BCUT2D eigenvalue weighted by molar-refractivity contribution is -0.137. The maximum absolute atomic E-state index is 15.3. The van der Waals surface area contributed by atoms with Gasteiger partial charge in [-0.1, -0.05) is 6.07 Å². The Morgan fingerprint density at radius 3 is 2.49 bits per heavy atom. The van der Waals surface area contributed by atoms with E-state index in [0.29, 0.717) is 34.8 Å². The van der Waals surface area contributed by atoms with Gasteiger partial charge in [-0.25, -0.2) is 23.1 Å². The van der Waals surface area contributed by atoms with Crippen LogP contribution in [0.5, 0.6) is 0 Å². The van der Waals surface area contributed by atoms with Gasteiger partial charge < -0.3 is 26.8 Å². The topological polar surface area (TPSA) is 130 Å². The lowest BCUT2D eigenvalue weighted by Gasteiger charge is -2.23. The van der Waals surface area contributed by atoms with E-state index in [1.165, 1.54) is 18.5 Å². The van der Waals surface area contributed by atoms with Gasteiger partial charge in [0, 0.05) is 18.1 Å². The Hall–Kier alpha value is -4.30. The molecular weight excluding hydrogens is 549 g/mol. The third-order valence-corrected chi connectivity index (χ3v) is 7.03. The Morgan fingerprint density at radius 1 is 1.07 bits per heavy atom. The van der Waals surface area contributed by atoms with E-state index in [0.717, 1.165) is 43.3 Å². The molecule has 2 aromatic heterocycles. The molecule has 1 aliphatic rings. The fourth-order valence-electron chi connectivity index (χ4n) is 5.22. The smallest absolute Gasteiger partial charge is 0.396 e. The second kappa shape index (κ2) is 11.3. The zero-order valence-corrected chi connectivity index (χ0v) is 21.5. The van der Waals surface area contributed by atoms with Crippen molar-refractivity contribution in [3.63, 3.8) is 0 Å². The normalized spacial score (nSPS) is 14.4. The molecule has 1 saturated heterocycles. The van der Waals surface area contributed by atoms with Gasteiger partial charge in [-0.05, 0) is 73.8 Å². The first-order valence-corrected chi connectivity index (χ1v) is 12.8. The number of urea groups is 1. The van der Waals surface area contributed by atoms with Crippen LogP contribution in [0.15, 0.2) is 42.7 Å². The average Bonchev–Trinajstić information content (AvgIpc) is 3.26. The summed E-state index contributed by atoms with van der Waals surface area (Å²) in [6, 6.07) is 4.38. The number of piperidine rings is 1. The average molecular weight is 576 g/mol. The number of carbonyl (C=O) groups is 1. The zero-order valence-electron chi connectivity index (χ0n) is 21.5. The van der Waals surface area contributed by atoms with Gasteiger partial charge in [0.25, 0.3) is 0 Å². The summed E-state index contributed by atoms with van der Waals surface area (Å²) in [6.45, 7) is 1.42. The molecule has 0 unspecified atom stereocenters. The number of halogens is 5. The number of amides is 2. The molecule has 0 saturated carbocycles. The lowest BCUT2D eigenvalue weighted by atomic mass is 9.89. The van der Waals surface area contributed by atoms with Crippen LogP contribution in [-0.4, -0.2) is 45.4 Å². The first kappa shape index (κ1) is 28.2. The largest absolute Gasteiger partial charge is 0.416 e. The van der Waals surface area contributed by atoms with Crippen LogP contribution in [0, 0.1) is 11.6 Å². The number of aromatic nitrogens is 3. The van der Waals surface area contributed by atoms with Crippen molar-refractivity contribution < 1.29 is 31.9 Å². The number of anilines is 3. The summed E-state index contributed by atoms with van der Waals surface area (Å²) in [4.78, 5) is 16.5. The maximum Gasteiger partial charge on any atom is 0.416 e. The second-order valence-electron chi connectivity index (χ2n) is 9.61. The van der Waals surface area contributed by atoms with Gasteiger partial charge in [0.1, 0.15) is 23.5 Å². The van der Waals surface area contributed by atoms with Crippen LogP contribution < -0.4 is 21.7 Å². The Labute approximate surface area is 230 Å². The van der Waals surface area contributed by atoms with E-state index in [-0.39, 0.29) is 30.5 Å². The first-order valence-electron chi connectivity index (χ1n) is 12.8. The molecule has 41 heavy (non-hydrogen) atoms. The summed E-state index contributed by atoms with van der Waals surface area (Å²) in [5, 5.41) is 21.8. The van der Waals surface area contributed by atoms with Crippen molar-refractivity contribution >= 4 is 28.7 Å². The third-order valence-electron chi connectivity index (χ3n) is 7.03. The number of fused-ring (bicyclic) bond motifs is 1. The molecule has 4 aromatic rings. The molecule has 1 aliphatic heterocycles. The van der Waals surface area contributed by atoms with Gasteiger partial charge in [-0.2, -0.15) is 18.3 Å². The zero-order chi connectivity index (χ0) is 29.3. The number of hydrogen-bond donors (Lipinski definition) is 5. The van der Waals surface area contributed by atoms with Gasteiger partial charge in [-0.15, -0.1) is 0 Å². The van der Waals surface area contributed by atoms with Crippen LogP contribution in [0.4, 0.5) is 43.9 Å². The Balaban J connectivity index is 1.48. The van der Waals surface area contributed by atoms with Crippen LogP contribution in [0.3, 0.4) is 0 Å². The summed E-state index contributed by atoms with van der Waals surface area (Å²) >= 11 is 0. The van der Waals surface area contributed by atoms with Crippen LogP contribution in [0.25, 0.3) is 16.6 Å². The number of benzene rings is 2. The van der Waals surface area contributed by atoms with Crippen molar-refractivity contribution in [2.45, 2.75) is 31.4 Å². The number of aliphatic hydroxyl groups is 1. The molecule has 0 bridgehead atoms. The van der Waals surface area contributed by atoms with Crippen LogP contribution in [-0.2, 0) is 12.6 Å². The van der Waals surface area contributed by atoms with Gasteiger partial charge >= 0.3 is 12.2 Å². The number of rotatable bonds is 6. The standard InChI is InChI=1S/C27H26F5N7O2/c28-18-3-2-16(27(30,31)32)12-21(18)38-26(41)37-20-4-1-15(11-19(20)29)22-17(7-10-40)23(14-5-8-34-9-6-14)39-24(22)25(33)35-13-36-39/h1-4,11-14,34,40H,5-10H2,(H2,33,35,36)(H2,37,38,41). The highest BCUT2D eigenvalue weighted by Crippen LogP contribution is 2.41. The molecule has 5 rings (SSSR count). The number of nitrogens with two attached hydrogens (primary N) is 1. The predicted molar refractivity (Wildman–Crippen MR) is 142 cm³/mol. The molecule has 0 spiro atoms. The minimum Gasteiger partial charge on any atom is -0.396 e. The van der Waals surface area contributed by atoms with E-state index in [2.05, 4.69) is 20.7 Å². The van der Waals surface area contributed by atoms with Crippen LogP contribution >= 0.6 is 0 Å². The number of nitrogens with zero attached hydrogens (tertiary/aromatic N) is 3. The third kappa shape index (κ3) is 5.65. The maximum atomic E-state index is 15.3. The molecule has 14 heteroatoms. The molecule has 2 aromatic carbocycles. The van der Waals surface area contributed by atoms with E-state index >= 15 is 4.39 Å². The highest BCUT2D eigenvalue weighted by atomic mass is 19.4. The first-order chi connectivity index (χ1) is 19.6. The summed E-state index contributed by atoms with van der Waals surface area (Å²) in [6.07, 6.45) is -1.51. The number of nitrogen functional groups attached to an aromatic ring is 1. The molecular formula is C27H26F5N7O2. The van der Waals surface area contributed by atoms with Crippen molar-refractivity contribution in [1.82, 2.24) is 19.9 Å². The van der Waals surface area contributed by atoms with E-state index < -0.39 is 35.1 Å². The fourth-order valence-corrected chi connectivity index (χ4v) is 5.22. The van der Waals surface area contributed by atoms with Crippen molar-refractivity contribution in [3.8, 4) is 11.1 Å². The molecule has 3 heterocycles. The molecule has 6 N–H and O–H groups in total. The van der Waals surface area contributed by atoms with E-state index in [1.54, 1.807) is 4.52 Å². The van der Waals surface area contributed by atoms with Crippen LogP contribution in [0.1, 0.15) is 35.6 Å². The van der Waals surface area contributed by atoms with E-state index in [4.69, 9.17) is 5.73 Å². The molecule has 1 fully saturated rings. The number of hydrogen-bond acceptors (Lipinski definition) is 6. The number of aliphatic hydroxyl groups excluding tert-OH is 1. The van der Waals surface area contributed by atoms with E-state index in [1.807, 2.05) is 5.32 Å². The minimum atomic E-state index is -4.75. The Morgan fingerprint density at radius 2 is 1.80 bits per heavy atom. The monoisotopic (exact) mass is 575 g/mol.